The third kappa shape index (κ3) is 3.74. The minimum atomic E-state index is 0.211. The van der Waals surface area contributed by atoms with Gasteiger partial charge in [-0.05, 0) is 18.6 Å². The Hall–Kier alpha value is -1.31. The van der Waals surface area contributed by atoms with E-state index in [0.29, 0.717) is 6.42 Å². The van der Waals surface area contributed by atoms with Crippen molar-refractivity contribution in [1.29, 1.82) is 0 Å². The van der Waals surface area contributed by atoms with E-state index in [-0.39, 0.29) is 5.78 Å². The van der Waals surface area contributed by atoms with E-state index in [0.717, 1.165) is 30.6 Å². The van der Waals surface area contributed by atoms with Crippen LogP contribution in [0, 0.1) is 0 Å². The zero-order valence-corrected chi connectivity index (χ0v) is 9.45. The predicted octanol–water partition coefficient (Wildman–Crippen LogP) is 3.46. The Morgan fingerprint density at radius 1 is 1.33 bits per heavy atom. The molecule has 0 aromatic heterocycles. The standard InChI is InChI=1S/C13H18O2/c1-3-4-5-9-13(14)11-7-6-8-12(10-11)15-2/h6-8,10H,3-5,9H2,1-2H3. The molecule has 82 valence electrons. The number of ketones is 1. The Labute approximate surface area is 91.3 Å². The number of carbonyl (C=O) groups excluding carboxylic acids is 1. The minimum Gasteiger partial charge on any atom is -0.497 e. The molecule has 0 amide bonds. The summed E-state index contributed by atoms with van der Waals surface area (Å²) in [5, 5.41) is 0. The number of hydrogen-bond acceptors (Lipinski definition) is 2. The summed E-state index contributed by atoms with van der Waals surface area (Å²) in [6, 6.07) is 7.35. The Balaban J connectivity index is 2.57. The van der Waals surface area contributed by atoms with E-state index in [4.69, 9.17) is 4.74 Å². The fourth-order valence-corrected chi connectivity index (χ4v) is 1.48. The van der Waals surface area contributed by atoms with Gasteiger partial charge in [0.05, 0.1) is 7.11 Å². The van der Waals surface area contributed by atoms with Gasteiger partial charge in [-0.2, -0.15) is 0 Å². The fraction of sp³-hybridized carbons (Fsp3) is 0.462. The van der Waals surface area contributed by atoms with Crippen LogP contribution in [0.15, 0.2) is 24.3 Å². The highest BCUT2D eigenvalue weighted by Gasteiger charge is 2.05. The van der Waals surface area contributed by atoms with E-state index in [9.17, 15) is 4.79 Å². The molecule has 0 saturated heterocycles. The lowest BCUT2D eigenvalue weighted by Crippen LogP contribution is -1.99. The van der Waals surface area contributed by atoms with Gasteiger partial charge in [0.15, 0.2) is 5.78 Å². The number of Topliss-reactive ketones (excluding diaryl/α,β-unsaturated/α-hetero) is 1. The van der Waals surface area contributed by atoms with Gasteiger partial charge in [0.1, 0.15) is 5.75 Å². The van der Waals surface area contributed by atoms with Crippen molar-refractivity contribution < 1.29 is 9.53 Å². The monoisotopic (exact) mass is 206 g/mol. The van der Waals surface area contributed by atoms with E-state index in [1.165, 1.54) is 0 Å². The molecule has 0 unspecified atom stereocenters. The molecule has 1 aromatic carbocycles. The van der Waals surface area contributed by atoms with E-state index in [1.807, 2.05) is 18.2 Å². The molecule has 0 saturated carbocycles. The summed E-state index contributed by atoms with van der Waals surface area (Å²) in [6.45, 7) is 2.13. The third-order valence-corrected chi connectivity index (χ3v) is 2.40. The Bertz CT molecular complexity index is 318. The summed E-state index contributed by atoms with van der Waals surface area (Å²) in [7, 11) is 1.61. The molecular formula is C13H18O2. The fourth-order valence-electron chi connectivity index (χ4n) is 1.48. The average molecular weight is 206 g/mol. The van der Waals surface area contributed by atoms with Gasteiger partial charge in [0, 0.05) is 12.0 Å². The normalized spacial score (nSPS) is 10.0. The molecule has 0 bridgehead atoms. The van der Waals surface area contributed by atoms with Gasteiger partial charge in [-0.25, -0.2) is 0 Å². The summed E-state index contributed by atoms with van der Waals surface area (Å²) >= 11 is 0. The van der Waals surface area contributed by atoms with Crippen LogP contribution in [0.25, 0.3) is 0 Å². The van der Waals surface area contributed by atoms with Crippen LogP contribution in [-0.4, -0.2) is 12.9 Å². The van der Waals surface area contributed by atoms with Crippen LogP contribution in [0.4, 0.5) is 0 Å². The maximum Gasteiger partial charge on any atom is 0.163 e. The largest absolute Gasteiger partial charge is 0.497 e. The molecule has 0 N–H and O–H groups in total. The zero-order valence-electron chi connectivity index (χ0n) is 9.45. The van der Waals surface area contributed by atoms with Gasteiger partial charge in [-0.15, -0.1) is 0 Å². The van der Waals surface area contributed by atoms with E-state index in [1.54, 1.807) is 13.2 Å². The lowest BCUT2D eigenvalue weighted by atomic mass is 10.0. The second-order valence-corrected chi connectivity index (χ2v) is 3.61. The molecule has 0 heterocycles. The van der Waals surface area contributed by atoms with Crippen molar-refractivity contribution in [2.75, 3.05) is 7.11 Å². The van der Waals surface area contributed by atoms with Crippen LogP contribution in [0.1, 0.15) is 43.0 Å². The van der Waals surface area contributed by atoms with Crippen LogP contribution < -0.4 is 4.74 Å². The quantitative estimate of drug-likeness (QED) is 0.526. The van der Waals surface area contributed by atoms with E-state index in [2.05, 4.69) is 6.92 Å². The topological polar surface area (TPSA) is 26.3 Å². The van der Waals surface area contributed by atoms with Crippen LogP contribution in [0.3, 0.4) is 0 Å². The van der Waals surface area contributed by atoms with Gasteiger partial charge in [0.2, 0.25) is 0 Å². The molecule has 0 aliphatic heterocycles. The van der Waals surface area contributed by atoms with Crippen LogP contribution in [-0.2, 0) is 0 Å². The Morgan fingerprint density at radius 2 is 2.13 bits per heavy atom. The highest BCUT2D eigenvalue weighted by molar-refractivity contribution is 5.96. The molecule has 0 spiro atoms. The number of rotatable bonds is 6. The van der Waals surface area contributed by atoms with Crippen LogP contribution in [0.2, 0.25) is 0 Å². The molecule has 0 fully saturated rings. The number of methoxy groups -OCH3 is 1. The smallest absolute Gasteiger partial charge is 0.163 e. The zero-order chi connectivity index (χ0) is 11.1. The molecule has 1 rings (SSSR count). The molecular weight excluding hydrogens is 188 g/mol. The molecule has 2 nitrogen and oxygen atoms in total. The van der Waals surface area contributed by atoms with Gasteiger partial charge < -0.3 is 4.74 Å². The van der Waals surface area contributed by atoms with Crippen molar-refractivity contribution in [3.63, 3.8) is 0 Å². The minimum absolute atomic E-state index is 0.211. The molecule has 0 aliphatic rings. The number of benzene rings is 1. The van der Waals surface area contributed by atoms with Gasteiger partial charge in [0.25, 0.3) is 0 Å². The average Bonchev–Trinajstić information content (AvgIpc) is 2.29. The number of ether oxygens (including phenoxy) is 1. The molecule has 0 atom stereocenters. The second kappa shape index (κ2) is 6.23. The van der Waals surface area contributed by atoms with Gasteiger partial charge in [-0.1, -0.05) is 31.9 Å². The first kappa shape index (κ1) is 11.8. The van der Waals surface area contributed by atoms with Crippen LogP contribution >= 0.6 is 0 Å². The Kier molecular flexibility index (Phi) is 4.88. The highest BCUT2D eigenvalue weighted by Crippen LogP contribution is 2.15. The lowest BCUT2D eigenvalue weighted by molar-refractivity contribution is 0.0979. The molecule has 0 radical (unpaired) electrons. The van der Waals surface area contributed by atoms with E-state index < -0.39 is 0 Å². The summed E-state index contributed by atoms with van der Waals surface area (Å²) in [4.78, 5) is 11.7. The first-order valence-corrected chi connectivity index (χ1v) is 5.45. The van der Waals surface area contributed by atoms with Crippen molar-refractivity contribution in [2.24, 2.45) is 0 Å². The van der Waals surface area contributed by atoms with Crippen LogP contribution in [0.5, 0.6) is 5.75 Å². The van der Waals surface area contributed by atoms with E-state index >= 15 is 0 Å². The molecule has 2 heteroatoms. The van der Waals surface area contributed by atoms with Crippen molar-refractivity contribution in [3.05, 3.63) is 29.8 Å². The van der Waals surface area contributed by atoms with Crippen molar-refractivity contribution in [3.8, 4) is 5.75 Å². The number of carbonyl (C=O) groups is 1. The van der Waals surface area contributed by atoms with Gasteiger partial charge in [-0.3, -0.25) is 4.79 Å². The van der Waals surface area contributed by atoms with Crippen molar-refractivity contribution in [1.82, 2.24) is 0 Å². The maximum absolute atomic E-state index is 11.7. The molecule has 15 heavy (non-hydrogen) atoms. The summed E-state index contributed by atoms with van der Waals surface area (Å²) in [5.74, 6) is 0.957. The molecule has 1 aromatic rings. The molecule has 0 aliphatic carbocycles. The second-order valence-electron chi connectivity index (χ2n) is 3.61. The first-order valence-electron chi connectivity index (χ1n) is 5.45. The number of unbranched alkanes of at least 4 members (excludes halogenated alkanes) is 2. The SMILES string of the molecule is CCCCCC(=O)c1cccc(OC)c1. The third-order valence-electron chi connectivity index (χ3n) is 2.40. The lowest BCUT2D eigenvalue weighted by Gasteiger charge is -2.03. The highest BCUT2D eigenvalue weighted by atomic mass is 16.5. The summed E-state index contributed by atoms with van der Waals surface area (Å²) in [5.41, 5.74) is 0.755. The summed E-state index contributed by atoms with van der Waals surface area (Å²) < 4.78 is 5.08. The Morgan fingerprint density at radius 3 is 2.80 bits per heavy atom. The van der Waals surface area contributed by atoms with Crippen molar-refractivity contribution in [2.45, 2.75) is 32.6 Å². The summed E-state index contributed by atoms with van der Waals surface area (Å²) in [6.07, 6.45) is 3.88. The first-order chi connectivity index (χ1) is 7.27. The predicted molar refractivity (Wildman–Crippen MR) is 61.5 cm³/mol. The number of hydrogen-bond donors (Lipinski definition) is 0. The maximum atomic E-state index is 11.7. The van der Waals surface area contributed by atoms with Gasteiger partial charge >= 0.3 is 0 Å². The van der Waals surface area contributed by atoms with Crippen molar-refractivity contribution >= 4 is 5.78 Å².